The number of rotatable bonds is 7. The Bertz CT molecular complexity index is 684. The van der Waals surface area contributed by atoms with E-state index >= 15 is 0 Å². The third-order valence-corrected chi connectivity index (χ3v) is 5.56. The molecule has 21 heavy (non-hydrogen) atoms. The Hall–Kier alpha value is -1.38. The predicted molar refractivity (Wildman–Crippen MR) is 85.2 cm³/mol. The number of nitrogens with zero attached hydrogens (tertiary/aromatic N) is 1. The first-order valence-corrected chi connectivity index (χ1v) is 9.13. The normalized spacial score (nSPS) is 11.8. The van der Waals surface area contributed by atoms with E-state index in [9.17, 15) is 8.42 Å². The molecule has 116 valence electrons. The molecule has 0 unspecified atom stereocenters. The molecule has 2 rings (SSSR count). The SMILES string of the molecule is CCCNCc1sccc1S(=O)(=O)Nc1c(C)n[nH]c1C. The first-order chi connectivity index (χ1) is 9.95. The van der Waals surface area contributed by atoms with Gasteiger partial charge in [0, 0.05) is 11.4 Å². The molecule has 3 N–H and O–H groups in total. The lowest BCUT2D eigenvalue weighted by Gasteiger charge is -2.09. The van der Waals surface area contributed by atoms with E-state index in [1.54, 1.807) is 25.3 Å². The minimum atomic E-state index is -3.59. The van der Waals surface area contributed by atoms with Crippen LogP contribution in [0.4, 0.5) is 5.69 Å². The number of anilines is 1. The quantitative estimate of drug-likeness (QED) is 0.681. The number of aryl methyl sites for hydroxylation is 2. The Labute approximate surface area is 129 Å². The summed E-state index contributed by atoms with van der Waals surface area (Å²) in [5.74, 6) is 0. The molecule has 2 heterocycles. The van der Waals surface area contributed by atoms with Crippen LogP contribution in [0.3, 0.4) is 0 Å². The molecule has 0 bridgehead atoms. The molecule has 0 fully saturated rings. The summed E-state index contributed by atoms with van der Waals surface area (Å²) in [7, 11) is -3.59. The molecule has 0 aromatic carbocycles. The van der Waals surface area contributed by atoms with Gasteiger partial charge >= 0.3 is 0 Å². The molecule has 8 heteroatoms. The largest absolute Gasteiger partial charge is 0.312 e. The molecule has 0 atom stereocenters. The number of nitrogens with one attached hydrogen (secondary N) is 3. The van der Waals surface area contributed by atoms with Crippen molar-refractivity contribution in [2.75, 3.05) is 11.3 Å². The molecule has 0 aliphatic carbocycles. The van der Waals surface area contributed by atoms with Crippen molar-refractivity contribution in [3.8, 4) is 0 Å². The number of thiophene rings is 1. The van der Waals surface area contributed by atoms with E-state index in [0.29, 0.717) is 28.5 Å². The monoisotopic (exact) mass is 328 g/mol. The Balaban J connectivity index is 2.22. The van der Waals surface area contributed by atoms with Gasteiger partial charge in [0.05, 0.1) is 17.1 Å². The summed E-state index contributed by atoms with van der Waals surface area (Å²) in [6.45, 7) is 7.05. The van der Waals surface area contributed by atoms with E-state index in [0.717, 1.165) is 17.8 Å². The smallest absolute Gasteiger partial charge is 0.263 e. The second-order valence-corrected chi connectivity index (χ2v) is 7.45. The highest BCUT2D eigenvalue weighted by Crippen LogP contribution is 2.26. The van der Waals surface area contributed by atoms with Crippen LogP contribution in [0.2, 0.25) is 0 Å². The number of aromatic amines is 1. The fourth-order valence-electron chi connectivity index (χ4n) is 1.97. The van der Waals surface area contributed by atoms with Gasteiger partial charge in [0.25, 0.3) is 10.0 Å². The number of sulfonamides is 1. The number of hydrogen-bond acceptors (Lipinski definition) is 5. The van der Waals surface area contributed by atoms with Crippen molar-refractivity contribution >= 4 is 27.0 Å². The van der Waals surface area contributed by atoms with Crippen LogP contribution >= 0.6 is 11.3 Å². The van der Waals surface area contributed by atoms with E-state index in [2.05, 4.69) is 27.2 Å². The van der Waals surface area contributed by atoms with Gasteiger partial charge in [-0.2, -0.15) is 5.10 Å². The molecular formula is C13H20N4O2S2. The molecule has 0 aliphatic rings. The van der Waals surface area contributed by atoms with Crippen molar-refractivity contribution in [3.05, 3.63) is 27.7 Å². The average Bonchev–Trinajstić information content (AvgIpc) is 3.01. The van der Waals surface area contributed by atoms with Crippen LogP contribution in [0.1, 0.15) is 29.6 Å². The van der Waals surface area contributed by atoms with E-state index < -0.39 is 10.0 Å². The van der Waals surface area contributed by atoms with E-state index in [1.807, 2.05) is 0 Å². The van der Waals surface area contributed by atoms with Crippen LogP contribution in [-0.2, 0) is 16.6 Å². The highest BCUT2D eigenvalue weighted by Gasteiger charge is 2.22. The van der Waals surface area contributed by atoms with Crippen molar-refractivity contribution in [1.82, 2.24) is 15.5 Å². The van der Waals surface area contributed by atoms with Gasteiger partial charge in [0.2, 0.25) is 0 Å². The lowest BCUT2D eigenvalue weighted by atomic mass is 10.3. The van der Waals surface area contributed by atoms with Crippen LogP contribution in [0.5, 0.6) is 0 Å². The standard InChI is InChI=1S/C13H20N4O2S2/c1-4-6-14-8-11-12(5-7-20-11)21(18,19)17-13-9(2)15-16-10(13)3/h5,7,14,17H,4,6,8H2,1-3H3,(H,15,16). The van der Waals surface area contributed by atoms with E-state index in [4.69, 9.17) is 0 Å². The lowest BCUT2D eigenvalue weighted by Crippen LogP contribution is -2.18. The maximum Gasteiger partial charge on any atom is 0.263 e. The van der Waals surface area contributed by atoms with Crippen LogP contribution in [0, 0.1) is 13.8 Å². The van der Waals surface area contributed by atoms with Gasteiger partial charge in [0.15, 0.2) is 0 Å². The van der Waals surface area contributed by atoms with Crippen LogP contribution in [0.15, 0.2) is 16.3 Å². The molecule has 2 aromatic heterocycles. The summed E-state index contributed by atoms with van der Waals surface area (Å²) in [6, 6.07) is 1.64. The van der Waals surface area contributed by atoms with Crippen LogP contribution in [0.25, 0.3) is 0 Å². The number of H-pyrrole nitrogens is 1. The first kappa shape index (κ1) is 16.0. The summed E-state index contributed by atoms with van der Waals surface area (Å²) >= 11 is 1.44. The molecule has 0 radical (unpaired) electrons. The summed E-state index contributed by atoms with van der Waals surface area (Å²) in [5, 5.41) is 11.8. The third-order valence-electron chi connectivity index (χ3n) is 3.07. The van der Waals surface area contributed by atoms with Gasteiger partial charge in [-0.05, 0) is 38.3 Å². The molecule has 0 spiro atoms. The molecule has 2 aromatic rings. The van der Waals surface area contributed by atoms with Crippen molar-refractivity contribution in [2.45, 2.75) is 38.6 Å². The maximum atomic E-state index is 12.5. The Morgan fingerprint density at radius 1 is 1.38 bits per heavy atom. The topological polar surface area (TPSA) is 86.9 Å². The Morgan fingerprint density at radius 2 is 2.14 bits per heavy atom. The highest BCUT2D eigenvalue weighted by molar-refractivity contribution is 7.93. The van der Waals surface area contributed by atoms with E-state index in [1.165, 1.54) is 11.3 Å². The highest BCUT2D eigenvalue weighted by atomic mass is 32.2. The number of hydrogen-bond donors (Lipinski definition) is 3. The summed E-state index contributed by atoms with van der Waals surface area (Å²) in [6.07, 6.45) is 1.01. The van der Waals surface area contributed by atoms with Gasteiger partial charge in [-0.1, -0.05) is 6.92 Å². The second kappa shape index (κ2) is 6.59. The predicted octanol–water partition coefficient (Wildman–Crippen LogP) is 2.39. The minimum absolute atomic E-state index is 0.330. The van der Waals surface area contributed by atoms with Crippen molar-refractivity contribution in [2.24, 2.45) is 0 Å². The van der Waals surface area contributed by atoms with Crippen LogP contribution < -0.4 is 10.0 Å². The Kier molecular flexibility index (Phi) is 5.02. The fraction of sp³-hybridized carbons (Fsp3) is 0.462. The summed E-state index contributed by atoms with van der Waals surface area (Å²) in [5.41, 5.74) is 1.86. The van der Waals surface area contributed by atoms with E-state index in [-0.39, 0.29) is 0 Å². The zero-order valence-corrected chi connectivity index (χ0v) is 14.0. The van der Waals surface area contributed by atoms with Crippen molar-refractivity contribution in [3.63, 3.8) is 0 Å². The first-order valence-electron chi connectivity index (χ1n) is 6.77. The minimum Gasteiger partial charge on any atom is -0.312 e. The van der Waals surface area contributed by atoms with Crippen molar-refractivity contribution < 1.29 is 8.42 Å². The van der Waals surface area contributed by atoms with Gasteiger partial charge in [-0.3, -0.25) is 9.82 Å². The van der Waals surface area contributed by atoms with Gasteiger partial charge < -0.3 is 5.32 Å². The zero-order chi connectivity index (χ0) is 15.5. The summed E-state index contributed by atoms with van der Waals surface area (Å²) in [4.78, 5) is 1.14. The number of aromatic nitrogens is 2. The van der Waals surface area contributed by atoms with Gasteiger partial charge in [-0.25, -0.2) is 8.42 Å². The average molecular weight is 328 g/mol. The third kappa shape index (κ3) is 3.63. The molecule has 0 amide bonds. The summed E-state index contributed by atoms with van der Waals surface area (Å²) < 4.78 is 27.7. The van der Waals surface area contributed by atoms with Crippen LogP contribution in [-0.4, -0.2) is 25.2 Å². The molecular weight excluding hydrogens is 308 g/mol. The lowest BCUT2D eigenvalue weighted by molar-refractivity contribution is 0.598. The van der Waals surface area contributed by atoms with Gasteiger partial charge in [0.1, 0.15) is 4.90 Å². The Morgan fingerprint density at radius 3 is 2.76 bits per heavy atom. The fourth-order valence-corrected chi connectivity index (χ4v) is 4.56. The molecule has 6 nitrogen and oxygen atoms in total. The zero-order valence-electron chi connectivity index (χ0n) is 12.4. The maximum absolute atomic E-state index is 12.5. The molecule has 0 saturated carbocycles. The molecule has 0 saturated heterocycles. The second-order valence-electron chi connectivity index (χ2n) is 4.80. The molecule has 0 aliphatic heterocycles. The van der Waals surface area contributed by atoms with Crippen molar-refractivity contribution in [1.29, 1.82) is 0 Å². The van der Waals surface area contributed by atoms with Gasteiger partial charge in [-0.15, -0.1) is 11.3 Å².